The quantitative estimate of drug-likeness (QED) is 0.0211. The number of unbranched alkanes of at least 4 members (excludes halogenated alkanes) is 46. The lowest BCUT2D eigenvalue weighted by Crippen LogP contribution is -2.37. The predicted octanol–water partition coefficient (Wildman–Crippen LogP) is 27.4. The van der Waals surface area contributed by atoms with Gasteiger partial charge in [-0.15, -0.1) is 0 Å². The summed E-state index contributed by atoms with van der Waals surface area (Å²) in [4.78, 5) is 36.0. The summed E-state index contributed by atoms with van der Waals surface area (Å²) >= 11 is 0. The van der Waals surface area contributed by atoms with Gasteiger partial charge in [-0.1, -0.05) is 394 Å². The molecule has 558 valence electrons. The van der Waals surface area contributed by atoms with Crippen molar-refractivity contribution in [2.75, 3.05) is 47.5 Å². The zero-order chi connectivity index (χ0) is 69.7. The minimum Gasteiger partial charge on any atom is -0.462 e. The highest BCUT2D eigenvalue weighted by atomic mass is 31.2. The molecular formula is C86H157NO8P+. The summed E-state index contributed by atoms with van der Waals surface area (Å²) < 4.78 is 34.8. The molecule has 0 saturated heterocycles. The molecule has 0 aliphatic rings. The second-order valence-electron chi connectivity index (χ2n) is 28.8. The standard InChI is InChI=1S/C86H156NO8P/c1-6-8-10-12-14-16-18-20-22-24-26-28-30-32-34-36-38-40-42-43-45-47-49-51-53-55-57-59-61-63-65-67-69-71-73-75-77-79-86(89)95-84(83-94-96(90,91)93-81-80-87(3,4)5)82-92-85(88)78-76-74-72-70-68-66-64-62-60-58-56-54-52-50-48-46-44-41-39-37-35-33-31-29-27-25-23-21-19-17-15-13-11-9-7-2/h8,10,14,16,20,22,26,28,32,34,38,40,43,45,49,51,84H,6-7,9,11-13,15,17-19,21,23-25,27,29-31,33,35-37,39,41-42,44,46-48,50,52-83H2,1-5H3/p+1/b10-8-,16-14-,22-20-,28-26-,34-32-,40-38-,45-43-,51-49-. The fourth-order valence-electron chi connectivity index (χ4n) is 11.9. The van der Waals surface area contributed by atoms with Crippen LogP contribution in [0.2, 0.25) is 0 Å². The van der Waals surface area contributed by atoms with Crippen molar-refractivity contribution in [3.8, 4) is 0 Å². The van der Waals surface area contributed by atoms with Crippen LogP contribution in [0.25, 0.3) is 0 Å². The van der Waals surface area contributed by atoms with E-state index in [0.717, 1.165) is 89.9 Å². The third-order valence-corrected chi connectivity index (χ3v) is 19.1. The second kappa shape index (κ2) is 76.1. The maximum Gasteiger partial charge on any atom is 0.472 e. The number of nitrogens with zero attached hydrogens (tertiary/aromatic N) is 1. The molecule has 0 bridgehead atoms. The van der Waals surface area contributed by atoms with Crippen LogP contribution in [0.4, 0.5) is 0 Å². The fourth-order valence-corrected chi connectivity index (χ4v) is 12.7. The lowest BCUT2D eigenvalue weighted by molar-refractivity contribution is -0.870. The number of esters is 2. The van der Waals surface area contributed by atoms with Gasteiger partial charge in [-0.3, -0.25) is 18.6 Å². The summed E-state index contributed by atoms with van der Waals surface area (Å²) in [6.45, 7) is 4.37. The average Bonchev–Trinajstić information content (AvgIpc) is 2.72. The lowest BCUT2D eigenvalue weighted by atomic mass is 10.0. The molecule has 2 unspecified atom stereocenters. The van der Waals surface area contributed by atoms with E-state index < -0.39 is 26.5 Å². The zero-order valence-electron chi connectivity index (χ0n) is 63.9. The second-order valence-corrected chi connectivity index (χ2v) is 30.2. The normalized spacial score (nSPS) is 13.5. The topological polar surface area (TPSA) is 108 Å². The van der Waals surface area contributed by atoms with Gasteiger partial charge in [0.2, 0.25) is 0 Å². The summed E-state index contributed by atoms with van der Waals surface area (Å²) in [5, 5.41) is 0. The molecule has 0 radical (unpaired) electrons. The molecular weight excluding hydrogens is 1210 g/mol. The molecule has 0 saturated carbocycles. The Morgan fingerprint density at radius 3 is 0.885 bits per heavy atom. The molecule has 0 fully saturated rings. The maximum atomic E-state index is 12.9. The first-order valence-electron chi connectivity index (χ1n) is 41.0. The predicted molar refractivity (Wildman–Crippen MR) is 418 cm³/mol. The average molecular weight is 1360 g/mol. The highest BCUT2D eigenvalue weighted by Gasteiger charge is 2.27. The number of hydrogen-bond donors (Lipinski definition) is 1. The molecule has 0 aliphatic carbocycles. The van der Waals surface area contributed by atoms with E-state index >= 15 is 0 Å². The van der Waals surface area contributed by atoms with Crippen molar-refractivity contribution in [2.24, 2.45) is 0 Å². The van der Waals surface area contributed by atoms with Crippen molar-refractivity contribution >= 4 is 19.8 Å². The molecule has 96 heavy (non-hydrogen) atoms. The van der Waals surface area contributed by atoms with Gasteiger partial charge >= 0.3 is 19.8 Å². The first-order valence-corrected chi connectivity index (χ1v) is 42.5. The van der Waals surface area contributed by atoms with E-state index in [1.807, 2.05) is 21.1 Å². The van der Waals surface area contributed by atoms with Crippen LogP contribution in [0.15, 0.2) is 97.2 Å². The highest BCUT2D eigenvalue weighted by Crippen LogP contribution is 2.43. The Hall–Kier alpha value is -3.07. The minimum atomic E-state index is -4.40. The summed E-state index contributed by atoms with van der Waals surface area (Å²) in [5.41, 5.74) is 0. The van der Waals surface area contributed by atoms with E-state index in [1.165, 1.54) is 263 Å². The largest absolute Gasteiger partial charge is 0.472 e. The van der Waals surface area contributed by atoms with Gasteiger partial charge in [-0.05, 0) is 77.0 Å². The van der Waals surface area contributed by atoms with Crippen molar-refractivity contribution < 1.29 is 42.1 Å². The number of phosphoric acid groups is 1. The summed E-state index contributed by atoms with van der Waals surface area (Å²) in [5.74, 6) is -0.785. The third-order valence-electron chi connectivity index (χ3n) is 18.1. The number of allylic oxidation sites excluding steroid dienone is 16. The van der Waals surface area contributed by atoms with Crippen LogP contribution in [-0.4, -0.2) is 74.9 Å². The van der Waals surface area contributed by atoms with E-state index in [9.17, 15) is 19.0 Å². The van der Waals surface area contributed by atoms with Gasteiger partial charge in [0.1, 0.15) is 19.8 Å². The van der Waals surface area contributed by atoms with Gasteiger partial charge in [0.25, 0.3) is 0 Å². The number of carbonyl (C=O) groups excluding carboxylic acids is 2. The Morgan fingerprint density at radius 2 is 0.594 bits per heavy atom. The van der Waals surface area contributed by atoms with E-state index in [0.29, 0.717) is 23.9 Å². The number of carbonyl (C=O) groups is 2. The van der Waals surface area contributed by atoms with Crippen molar-refractivity contribution in [1.29, 1.82) is 0 Å². The van der Waals surface area contributed by atoms with Crippen LogP contribution in [0, 0.1) is 0 Å². The van der Waals surface area contributed by atoms with Gasteiger partial charge < -0.3 is 18.9 Å². The number of likely N-dealkylation sites (N-methyl/N-ethyl adjacent to an activating group) is 1. The van der Waals surface area contributed by atoms with Crippen molar-refractivity contribution in [1.82, 2.24) is 0 Å². The van der Waals surface area contributed by atoms with Crippen molar-refractivity contribution in [3.05, 3.63) is 97.2 Å². The third kappa shape index (κ3) is 79.9. The van der Waals surface area contributed by atoms with Crippen LogP contribution in [0.3, 0.4) is 0 Å². The Bertz CT molecular complexity index is 1940. The number of rotatable bonds is 76. The van der Waals surface area contributed by atoms with Crippen LogP contribution >= 0.6 is 7.82 Å². The van der Waals surface area contributed by atoms with Crippen molar-refractivity contribution in [3.63, 3.8) is 0 Å². The monoisotopic (exact) mass is 1360 g/mol. The molecule has 0 heterocycles. The molecule has 10 heteroatoms. The van der Waals surface area contributed by atoms with Crippen LogP contribution < -0.4 is 0 Å². The molecule has 0 amide bonds. The molecule has 0 aromatic rings. The molecule has 2 atom stereocenters. The van der Waals surface area contributed by atoms with Gasteiger partial charge in [0.15, 0.2) is 6.10 Å². The molecule has 0 rings (SSSR count). The first kappa shape index (κ1) is 92.9. The summed E-state index contributed by atoms with van der Waals surface area (Å²) in [6.07, 6.45) is 107. The number of hydrogen-bond acceptors (Lipinski definition) is 7. The lowest BCUT2D eigenvalue weighted by Gasteiger charge is -2.24. The SMILES string of the molecule is CC/C=C\C/C=C\C/C=C\C/C=C\C/C=C\C/C=C\C/C=C\C/C=C\CCCCCCCCCCCCCCC(=O)OC(COC(=O)CCCCCCCCCCCCCCCCCCCCCCCCCCCCCCCCCCCCC)COP(=O)(O)OCC[N+](C)(C)C. The van der Waals surface area contributed by atoms with Gasteiger partial charge in [0.05, 0.1) is 27.7 Å². The fraction of sp³-hybridized carbons (Fsp3) is 0.791. The Labute approximate surface area is 595 Å². The Balaban J connectivity index is 3.96. The van der Waals surface area contributed by atoms with E-state index in [-0.39, 0.29) is 25.6 Å². The Kier molecular flexibility index (Phi) is 73.7. The van der Waals surface area contributed by atoms with Gasteiger partial charge in [-0.25, -0.2) is 4.57 Å². The summed E-state index contributed by atoms with van der Waals surface area (Å²) in [7, 11) is 1.49. The number of phosphoric ester groups is 1. The smallest absolute Gasteiger partial charge is 0.462 e. The van der Waals surface area contributed by atoms with Gasteiger partial charge in [-0.2, -0.15) is 0 Å². The van der Waals surface area contributed by atoms with Crippen LogP contribution in [0.5, 0.6) is 0 Å². The zero-order valence-corrected chi connectivity index (χ0v) is 64.7. The van der Waals surface area contributed by atoms with E-state index in [1.54, 1.807) is 0 Å². The van der Waals surface area contributed by atoms with E-state index in [2.05, 4.69) is 111 Å². The molecule has 0 aromatic carbocycles. The minimum absolute atomic E-state index is 0.0301. The van der Waals surface area contributed by atoms with Gasteiger partial charge in [0, 0.05) is 12.8 Å². The molecule has 9 nitrogen and oxygen atoms in total. The van der Waals surface area contributed by atoms with Crippen LogP contribution in [0.1, 0.15) is 386 Å². The number of ether oxygens (including phenoxy) is 2. The first-order chi connectivity index (χ1) is 47.0. The molecule has 0 aliphatic heterocycles. The molecule has 0 spiro atoms. The van der Waals surface area contributed by atoms with Crippen LogP contribution in [-0.2, 0) is 32.7 Å². The molecule has 0 aromatic heterocycles. The van der Waals surface area contributed by atoms with E-state index in [4.69, 9.17) is 18.5 Å². The van der Waals surface area contributed by atoms with Crippen molar-refractivity contribution in [2.45, 2.75) is 392 Å². The summed E-state index contributed by atoms with van der Waals surface area (Å²) in [6, 6.07) is 0. The maximum absolute atomic E-state index is 12.9. The number of quaternary nitrogens is 1. The Morgan fingerprint density at radius 1 is 0.333 bits per heavy atom. The molecule has 1 N–H and O–H groups in total. The highest BCUT2D eigenvalue weighted by molar-refractivity contribution is 7.47.